The smallest absolute Gasteiger partial charge is 0.137 e. The summed E-state index contributed by atoms with van der Waals surface area (Å²) >= 11 is 0. The standard InChI is InChI=1S/C17H29NO3/c1-12(2)18-10-13(19)11-21-16-8-7-14(20-6)9-15(16)17(3,4)5/h7-9,12-13,18-19H,10-11H2,1-6H3/p+1/t13-/m0/s1. The summed E-state index contributed by atoms with van der Waals surface area (Å²) in [6.45, 7) is 11.6. The Morgan fingerprint density at radius 1 is 1.24 bits per heavy atom. The molecule has 0 aromatic heterocycles. The Hall–Kier alpha value is -1.26. The Balaban J connectivity index is 2.74. The lowest BCUT2D eigenvalue weighted by molar-refractivity contribution is -0.688. The van der Waals surface area contributed by atoms with Gasteiger partial charge in [0, 0.05) is 5.56 Å². The Morgan fingerprint density at radius 2 is 1.90 bits per heavy atom. The van der Waals surface area contributed by atoms with Crippen molar-refractivity contribution in [3.63, 3.8) is 0 Å². The van der Waals surface area contributed by atoms with Gasteiger partial charge in [0.1, 0.15) is 30.8 Å². The van der Waals surface area contributed by atoms with Crippen LogP contribution in [0.1, 0.15) is 40.2 Å². The average Bonchev–Trinajstić information content (AvgIpc) is 2.41. The van der Waals surface area contributed by atoms with Crippen LogP contribution in [0.25, 0.3) is 0 Å². The third-order valence-electron chi connectivity index (χ3n) is 3.31. The van der Waals surface area contributed by atoms with Gasteiger partial charge in [-0.05, 0) is 37.5 Å². The predicted octanol–water partition coefficient (Wildman–Crippen LogP) is 1.70. The Morgan fingerprint density at radius 3 is 2.43 bits per heavy atom. The van der Waals surface area contributed by atoms with Crippen LogP contribution in [0.15, 0.2) is 18.2 Å². The lowest BCUT2D eigenvalue weighted by atomic mass is 9.86. The fourth-order valence-electron chi connectivity index (χ4n) is 2.03. The fourth-order valence-corrected chi connectivity index (χ4v) is 2.03. The molecule has 0 aliphatic rings. The molecule has 1 aromatic rings. The number of ether oxygens (including phenoxy) is 2. The number of methoxy groups -OCH3 is 1. The van der Waals surface area contributed by atoms with Gasteiger partial charge in [-0.2, -0.15) is 0 Å². The van der Waals surface area contributed by atoms with Crippen LogP contribution in [0.2, 0.25) is 0 Å². The van der Waals surface area contributed by atoms with Crippen molar-refractivity contribution in [1.82, 2.24) is 0 Å². The zero-order chi connectivity index (χ0) is 16.0. The van der Waals surface area contributed by atoms with Crippen molar-refractivity contribution in [1.29, 1.82) is 0 Å². The highest BCUT2D eigenvalue weighted by atomic mass is 16.5. The lowest BCUT2D eigenvalue weighted by Gasteiger charge is -2.24. The molecule has 0 radical (unpaired) electrons. The molecular weight excluding hydrogens is 266 g/mol. The molecule has 0 amide bonds. The molecule has 0 fully saturated rings. The van der Waals surface area contributed by atoms with Crippen molar-refractivity contribution >= 4 is 0 Å². The molecule has 0 aliphatic carbocycles. The van der Waals surface area contributed by atoms with E-state index in [-0.39, 0.29) is 5.41 Å². The van der Waals surface area contributed by atoms with E-state index >= 15 is 0 Å². The molecule has 120 valence electrons. The number of aliphatic hydroxyl groups excluding tert-OH is 1. The van der Waals surface area contributed by atoms with Crippen molar-refractivity contribution in [3.05, 3.63) is 23.8 Å². The molecule has 4 heteroatoms. The zero-order valence-electron chi connectivity index (χ0n) is 14.1. The van der Waals surface area contributed by atoms with E-state index in [1.807, 2.05) is 18.2 Å². The number of hydrogen-bond acceptors (Lipinski definition) is 3. The molecule has 0 unspecified atom stereocenters. The molecule has 0 heterocycles. The second kappa shape index (κ2) is 7.66. The molecular formula is C17H30NO3+. The molecule has 0 spiro atoms. The Labute approximate surface area is 128 Å². The van der Waals surface area contributed by atoms with Gasteiger partial charge in [-0.25, -0.2) is 0 Å². The van der Waals surface area contributed by atoms with E-state index in [9.17, 15) is 5.11 Å². The monoisotopic (exact) mass is 296 g/mol. The second-order valence-electron chi connectivity index (χ2n) is 6.79. The van der Waals surface area contributed by atoms with Crippen molar-refractivity contribution in [2.75, 3.05) is 20.3 Å². The SMILES string of the molecule is COc1ccc(OC[C@@H](O)C[NH2+]C(C)C)c(C(C)(C)C)c1. The van der Waals surface area contributed by atoms with Gasteiger partial charge in [-0.15, -0.1) is 0 Å². The minimum atomic E-state index is -0.470. The molecule has 21 heavy (non-hydrogen) atoms. The van der Waals surface area contributed by atoms with Crippen LogP contribution in [0, 0.1) is 0 Å². The first-order valence-corrected chi connectivity index (χ1v) is 7.56. The number of aliphatic hydroxyl groups is 1. The van der Waals surface area contributed by atoms with Crippen LogP contribution >= 0.6 is 0 Å². The number of benzene rings is 1. The van der Waals surface area contributed by atoms with E-state index in [1.165, 1.54) is 0 Å². The summed E-state index contributed by atoms with van der Waals surface area (Å²) in [4.78, 5) is 0. The van der Waals surface area contributed by atoms with Gasteiger partial charge >= 0.3 is 0 Å². The molecule has 0 bridgehead atoms. The highest BCUT2D eigenvalue weighted by molar-refractivity contribution is 5.44. The van der Waals surface area contributed by atoms with Gasteiger partial charge in [0.05, 0.1) is 13.2 Å². The summed E-state index contributed by atoms with van der Waals surface area (Å²) in [5.74, 6) is 1.63. The first-order chi connectivity index (χ1) is 9.74. The normalized spacial score (nSPS) is 13.3. The van der Waals surface area contributed by atoms with Crippen LogP contribution in [0.4, 0.5) is 0 Å². The minimum Gasteiger partial charge on any atom is -0.497 e. The molecule has 4 nitrogen and oxygen atoms in total. The van der Waals surface area contributed by atoms with E-state index in [0.29, 0.717) is 19.2 Å². The summed E-state index contributed by atoms with van der Waals surface area (Å²) in [5, 5.41) is 12.1. The van der Waals surface area contributed by atoms with Gasteiger partial charge in [-0.3, -0.25) is 0 Å². The van der Waals surface area contributed by atoms with Gasteiger partial charge < -0.3 is 19.9 Å². The average molecular weight is 296 g/mol. The van der Waals surface area contributed by atoms with Crippen LogP contribution in [0.5, 0.6) is 11.5 Å². The largest absolute Gasteiger partial charge is 0.497 e. The maximum atomic E-state index is 9.97. The van der Waals surface area contributed by atoms with Crippen LogP contribution in [0.3, 0.4) is 0 Å². The van der Waals surface area contributed by atoms with Crippen molar-refractivity contribution < 1.29 is 19.9 Å². The first-order valence-electron chi connectivity index (χ1n) is 7.56. The second-order valence-corrected chi connectivity index (χ2v) is 6.79. The first kappa shape index (κ1) is 17.8. The highest BCUT2D eigenvalue weighted by Crippen LogP contribution is 2.34. The molecule has 1 aromatic carbocycles. The third kappa shape index (κ3) is 5.94. The lowest BCUT2D eigenvalue weighted by Crippen LogP contribution is -2.90. The maximum absolute atomic E-state index is 9.97. The molecule has 1 rings (SSSR count). The van der Waals surface area contributed by atoms with Crippen LogP contribution in [-0.4, -0.2) is 37.5 Å². The summed E-state index contributed by atoms with van der Waals surface area (Å²) in [6.07, 6.45) is -0.470. The van der Waals surface area contributed by atoms with E-state index in [4.69, 9.17) is 9.47 Å². The highest BCUT2D eigenvalue weighted by Gasteiger charge is 2.20. The predicted molar refractivity (Wildman–Crippen MR) is 85.1 cm³/mol. The van der Waals surface area contributed by atoms with Crippen molar-refractivity contribution in [2.45, 2.75) is 52.2 Å². The van der Waals surface area contributed by atoms with E-state index in [0.717, 1.165) is 17.1 Å². The molecule has 0 saturated carbocycles. The number of rotatable bonds is 7. The molecule has 0 saturated heterocycles. The Kier molecular flexibility index (Phi) is 6.49. The summed E-state index contributed by atoms with van der Waals surface area (Å²) < 4.78 is 11.1. The number of hydrogen-bond donors (Lipinski definition) is 2. The fraction of sp³-hybridized carbons (Fsp3) is 0.647. The summed E-state index contributed by atoms with van der Waals surface area (Å²) in [7, 11) is 1.66. The van der Waals surface area contributed by atoms with Gasteiger partial charge in [0.15, 0.2) is 0 Å². The van der Waals surface area contributed by atoms with Gasteiger partial charge in [0.25, 0.3) is 0 Å². The van der Waals surface area contributed by atoms with Gasteiger partial charge in [0.2, 0.25) is 0 Å². The van der Waals surface area contributed by atoms with Gasteiger partial charge in [-0.1, -0.05) is 20.8 Å². The van der Waals surface area contributed by atoms with Crippen LogP contribution < -0.4 is 14.8 Å². The van der Waals surface area contributed by atoms with Crippen LogP contribution in [-0.2, 0) is 5.41 Å². The maximum Gasteiger partial charge on any atom is 0.137 e. The Bertz CT molecular complexity index is 438. The third-order valence-corrected chi connectivity index (χ3v) is 3.31. The molecule has 3 N–H and O–H groups in total. The van der Waals surface area contributed by atoms with Crippen molar-refractivity contribution in [2.24, 2.45) is 0 Å². The van der Waals surface area contributed by atoms with Crippen molar-refractivity contribution in [3.8, 4) is 11.5 Å². The topological polar surface area (TPSA) is 55.3 Å². The van der Waals surface area contributed by atoms with E-state index in [2.05, 4.69) is 39.9 Å². The van der Waals surface area contributed by atoms with E-state index in [1.54, 1.807) is 7.11 Å². The number of quaternary nitrogens is 1. The zero-order valence-corrected chi connectivity index (χ0v) is 14.1. The quantitative estimate of drug-likeness (QED) is 0.805. The van der Waals surface area contributed by atoms with E-state index < -0.39 is 6.10 Å². The molecule has 1 atom stereocenters. The summed E-state index contributed by atoms with van der Waals surface area (Å²) in [5.41, 5.74) is 1.04. The molecule has 0 aliphatic heterocycles. The summed E-state index contributed by atoms with van der Waals surface area (Å²) in [6, 6.07) is 6.28. The minimum absolute atomic E-state index is 0.0428. The number of nitrogens with two attached hydrogens (primary N) is 1.